The van der Waals surface area contributed by atoms with E-state index in [2.05, 4.69) is 46.3 Å². The Labute approximate surface area is 126 Å². The molecule has 0 spiro atoms. The Morgan fingerprint density at radius 1 is 1.19 bits per heavy atom. The van der Waals surface area contributed by atoms with Crippen LogP contribution < -0.4 is 10.2 Å². The van der Waals surface area contributed by atoms with Crippen molar-refractivity contribution in [3.05, 3.63) is 35.9 Å². The molecular formula is C17H23N3O. The van der Waals surface area contributed by atoms with Crippen LogP contribution in [-0.2, 0) is 11.2 Å². The fourth-order valence-corrected chi connectivity index (χ4v) is 3.01. The number of nitrogens with one attached hydrogen (secondary N) is 1. The molecule has 2 aliphatic heterocycles. The van der Waals surface area contributed by atoms with Crippen molar-refractivity contribution in [1.29, 1.82) is 0 Å². The minimum Gasteiger partial charge on any atom is -0.369 e. The highest BCUT2D eigenvalue weighted by atomic mass is 16.1. The van der Waals surface area contributed by atoms with E-state index in [0.717, 1.165) is 44.8 Å². The van der Waals surface area contributed by atoms with Gasteiger partial charge in [0.25, 0.3) is 0 Å². The second-order valence-corrected chi connectivity index (χ2v) is 5.75. The van der Waals surface area contributed by atoms with Crippen molar-refractivity contribution < 1.29 is 4.79 Å². The largest absolute Gasteiger partial charge is 0.369 e. The monoisotopic (exact) mass is 285 g/mol. The van der Waals surface area contributed by atoms with Crippen LogP contribution in [0.15, 0.2) is 30.4 Å². The number of nitrogens with zero attached hydrogens (tertiary/aromatic N) is 2. The van der Waals surface area contributed by atoms with Crippen molar-refractivity contribution in [2.24, 2.45) is 0 Å². The normalized spacial score (nSPS) is 19.7. The molecule has 0 saturated carbocycles. The van der Waals surface area contributed by atoms with Crippen molar-refractivity contribution in [3.63, 3.8) is 0 Å². The molecule has 2 heterocycles. The van der Waals surface area contributed by atoms with Crippen molar-refractivity contribution in [2.75, 3.05) is 42.9 Å². The van der Waals surface area contributed by atoms with Gasteiger partial charge in [0.05, 0.1) is 0 Å². The average Bonchev–Trinajstić information content (AvgIpc) is 2.53. The van der Waals surface area contributed by atoms with E-state index in [0.29, 0.717) is 6.42 Å². The third kappa shape index (κ3) is 3.27. The Kier molecular flexibility index (Phi) is 4.25. The molecule has 0 aliphatic carbocycles. The third-order valence-electron chi connectivity index (χ3n) is 4.32. The number of fused-ring (bicyclic) bond motifs is 1. The molecule has 0 unspecified atom stereocenters. The number of benzene rings is 1. The zero-order valence-electron chi connectivity index (χ0n) is 12.6. The smallest absolute Gasteiger partial charge is 0.224 e. The molecule has 1 aromatic rings. The number of piperazine rings is 1. The van der Waals surface area contributed by atoms with Gasteiger partial charge in [0.1, 0.15) is 0 Å². The predicted molar refractivity (Wildman–Crippen MR) is 86.9 cm³/mol. The highest BCUT2D eigenvalue weighted by Crippen LogP contribution is 2.28. The molecule has 0 radical (unpaired) electrons. The summed E-state index contributed by atoms with van der Waals surface area (Å²) in [6.07, 6.45) is 5.80. The Hall–Kier alpha value is -1.81. The zero-order valence-corrected chi connectivity index (χ0v) is 12.6. The van der Waals surface area contributed by atoms with Gasteiger partial charge >= 0.3 is 0 Å². The van der Waals surface area contributed by atoms with E-state index in [1.807, 2.05) is 6.07 Å². The number of amides is 1. The van der Waals surface area contributed by atoms with Crippen LogP contribution >= 0.6 is 0 Å². The first-order valence-corrected chi connectivity index (χ1v) is 7.77. The lowest BCUT2D eigenvalue weighted by molar-refractivity contribution is -0.116. The fraction of sp³-hybridized carbons (Fsp3) is 0.471. The molecule has 4 heteroatoms. The first kappa shape index (κ1) is 14.1. The summed E-state index contributed by atoms with van der Waals surface area (Å²) in [6.45, 7) is 7.49. The number of anilines is 2. The summed E-state index contributed by atoms with van der Waals surface area (Å²) in [5.74, 6) is 0.132. The highest BCUT2D eigenvalue weighted by molar-refractivity contribution is 5.94. The summed E-state index contributed by atoms with van der Waals surface area (Å²) in [4.78, 5) is 16.3. The fourth-order valence-electron chi connectivity index (χ4n) is 3.01. The number of hydrogen-bond acceptors (Lipinski definition) is 3. The summed E-state index contributed by atoms with van der Waals surface area (Å²) in [6, 6.07) is 6.43. The van der Waals surface area contributed by atoms with E-state index in [9.17, 15) is 4.79 Å². The van der Waals surface area contributed by atoms with Crippen LogP contribution in [0.5, 0.6) is 0 Å². The molecule has 1 aromatic carbocycles. The first-order valence-electron chi connectivity index (χ1n) is 7.77. The van der Waals surface area contributed by atoms with Crippen molar-refractivity contribution in [2.45, 2.75) is 19.8 Å². The maximum atomic E-state index is 11.4. The summed E-state index contributed by atoms with van der Waals surface area (Å²) < 4.78 is 0. The van der Waals surface area contributed by atoms with Crippen LogP contribution in [0.25, 0.3) is 0 Å². The lowest BCUT2D eigenvalue weighted by atomic mass is 10.0. The van der Waals surface area contributed by atoms with Gasteiger partial charge in [-0.15, -0.1) is 0 Å². The van der Waals surface area contributed by atoms with Gasteiger partial charge in [0.2, 0.25) is 5.91 Å². The second-order valence-electron chi connectivity index (χ2n) is 5.75. The van der Waals surface area contributed by atoms with Gasteiger partial charge in [-0.3, -0.25) is 9.69 Å². The second kappa shape index (κ2) is 6.31. The van der Waals surface area contributed by atoms with Gasteiger partial charge in [0.15, 0.2) is 0 Å². The average molecular weight is 285 g/mol. The molecule has 1 N–H and O–H groups in total. The topological polar surface area (TPSA) is 35.6 Å². The van der Waals surface area contributed by atoms with E-state index in [-0.39, 0.29) is 5.91 Å². The van der Waals surface area contributed by atoms with Crippen LogP contribution in [0, 0.1) is 0 Å². The van der Waals surface area contributed by atoms with Gasteiger partial charge in [-0.1, -0.05) is 12.2 Å². The quantitative estimate of drug-likeness (QED) is 0.865. The maximum absolute atomic E-state index is 11.4. The number of aryl methyl sites for hydroxylation is 1. The minimum atomic E-state index is 0.132. The minimum absolute atomic E-state index is 0.132. The van der Waals surface area contributed by atoms with Gasteiger partial charge in [-0.05, 0) is 37.1 Å². The zero-order chi connectivity index (χ0) is 14.7. The molecule has 2 aliphatic rings. The van der Waals surface area contributed by atoms with Crippen molar-refractivity contribution in [3.8, 4) is 0 Å². The molecule has 21 heavy (non-hydrogen) atoms. The standard InChI is InChI=1S/C17H23N3O/c1-2-3-8-19-9-11-20(12-10-19)15-5-6-16-14(13-15)4-7-17(21)18-16/h2-3,5-6,13H,4,7-12H2,1H3,(H,18,21)/b3-2+. The lowest BCUT2D eigenvalue weighted by Crippen LogP contribution is -2.46. The van der Waals surface area contributed by atoms with Crippen LogP contribution in [0.2, 0.25) is 0 Å². The molecule has 0 bridgehead atoms. The third-order valence-corrected chi connectivity index (χ3v) is 4.32. The Morgan fingerprint density at radius 2 is 2.00 bits per heavy atom. The molecule has 112 valence electrons. The highest BCUT2D eigenvalue weighted by Gasteiger charge is 2.19. The van der Waals surface area contributed by atoms with E-state index < -0.39 is 0 Å². The Bertz CT molecular complexity index is 545. The molecule has 0 aromatic heterocycles. The van der Waals surface area contributed by atoms with Gasteiger partial charge in [-0.2, -0.15) is 0 Å². The Balaban J connectivity index is 1.64. The molecule has 1 amide bonds. The summed E-state index contributed by atoms with van der Waals surface area (Å²) in [5, 5.41) is 2.95. The Morgan fingerprint density at radius 3 is 2.76 bits per heavy atom. The SMILES string of the molecule is C/C=C/CN1CCN(c2ccc3c(c2)CCC(=O)N3)CC1. The summed E-state index contributed by atoms with van der Waals surface area (Å²) in [5.41, 5.74) is 3.54. The van der Waals surface area contributed by atoms with Crippen LogP contribution in [0.1, 0.15) is 18.9 Å². The number of rotatable bonds is 3. The van der Waals surface area contributed by atoms with Crippen LogP contribution in [0.4, 0.5) is 11.4 Å². The van der Waals surface area contributed by atoms with E-state index in [4.69, 9.17) is 0 Å². The van der Waals surface area contributed by atoms with Crippen LogP contribution in [0.3, 0.4) is 0 Å². The molecule has 1 fully saturated rings. The molecule has 3 rings (SSSR count). The molecule has 1 saturated heterocycles. The van der Waals surface area contributed by atoms with E-state index in [1.165, 1.54) is 11.3 Å². The van der Waals surface area contributed by atoms with Gasteiger partial charge in [-0.25, -0.2) is 0 Å². The summed E-state index contributed by atoms with van der Waals surface area (Å²) in [7, 11) is 0. The van der Waals surface area contributed by atoms with E-state index >= 15 is 0 Å². The van der Waals surface area contributed by atoms with Crippen LogP contribution in [-0.4, -0.2) is 43.5 Å². The number of carbonyl (C=O) groups excluding carboxylic acids is 1. The van der Waals surface area contributed by atoms with E-state index in [1.54, 1.807) is 0 Å². The van der Waals surface area contributed by atoms with Crippen molar-refractivity contribution in [1.82, 2.24) is 4.90 Å². The molecular weight excluding hydrogens is 262 g/mol. The first-order chi connectivity index (χ1) is 10.3. The number of allylic oxidation sites excluding steroid dienone is 1. The maximum Gasteiger partial charge on any atom is 0.224 e. The molecule has 4 nitrogen and oxygen atoms in total. The van der Waals surface area contributed by atoms with Gasteiger partial charge in [0, 0.05) is 50.5 Å². The predicted octanol–water partition coefficient (Wildman–Crippen LogP) is 2.27. The lowest BCUT2D eigenvalue weighted by Gasteiger charge is -2.36. The summed E-state index contributed by atoms with van der Waals surface area (Å²) >= 11 is 0. The number of hydrogen-bond donors (Lipinski definition) is 1. The molecule has 0 atom stereocenters. The van der Waals surface area contributed by atoms with Crippen molar-refractivity contribution >= 4 is 17.3 Å². The number of carbonyl (C=O) groups is 1. The van der Waals surface area contributed by atoms with Gasteiger partial charge < -0.3 is 10.2 Å².